The molecule has 0 aliphatic carbocycles. The largest absolute Gasteiger partial charge is 0.305 e. The van der Waals surface area contributed by atoms with E-state index in [0.29, 0.717) is 17.6 Å². The summed E-state index contributed by atoms with van der Waals surface area (Å²) in [6, 6.07) is 10.6. The van der Waals surface area contributed by atoms with Gasteiger partial charge in [-0.25, -0.2) is 0 Å². The van der Waals surface area contributed by atoms with Gasteiger partial charge in [0.05, 0.1) is 0 Å². The molecule has 13 heavy (non-hydrogen) atoms. The van der Waals surface area contributed by atoms with Gasteiger partial charge in [-0.05, 0) is 12.5 Å². The number of benzene rings is 1. The van der Waals surface area contributed by atoms with E-state index in [1.165, 1.54) is 5.56 Å². The number of rotatable bonds is 4. The van der Waals surface area contributed by atoms with Crippen molar-refractivity contribution in [2.24, 2.45) is 0 Å². The van der Waals surface area contributed by atoms with Gasteiger partial charge in [0.1, 0.15) is 0 Å². The molecule has 0 saturated heterocycles. The summed E-state index contributed by atoms with van der Waals surface area (Å²) < 4.78 is 0. The Labute approximate surface area is 84.4 Å². The van der Waals surface area contributed by atoms with Crippen molar-refractivity contribution < 1.29 is 0 Å². The second kappa shape index (κ2) is 5.05. The number of nitrogens with one attached hydrogen (secondary N) is 1. The van der Waals surface area contributed by atoms with E-state index in [-0.39, 0.29) is 0 Å². The van der Waals surface area contributed by atoms with Gasteiger partial charge < -0.3 is 5.32 Å². The highest BCUT2D eigenvalue weighted by atomic mass is 35.5. The first-order valence-electron chi connectivity index (χ1n) is 4.32. The van der Waals surface area contributed by atoms with E-state index in [1.54, 1.807) is 0 Å². The molecule has 2 heteroatoms. The predicted octanol–water partition coefficient (Wildman–Crippen LogP) is 3.09. The lowest BCUT2D eigenvalue weighted by Crippen LogP contribution is -2.19. The third-order valence-corrected chi connectivity index (χ3v) is 2.03. The molecule has 0 amide bonds. The van der Waals surface area contributed by atoms with Gasteiger partial charge in [-0.2, -0.15) is 0 Å². The quantitative estimate of drug-likeness (QED) is 0.779. The molecule has 1 N–H and O–H groups in total. The summed E-state index contributed by atoms with van der Waals surface area (Å²) in [5.74, 6) is 0. The normalized spacial score (nSPS) is 12.5. The van der Waals surface area contributed by atoms with Crippen molar-refractivity contribution in [2.75, 3.05) is 6.54 Å². The topological polar surface area (TPSA) is 12.0 Å². The zero-order valence-electron chi connectivity index (χ0n) is 7.76. The van der Waals surface area contributed by atoms with Crippen LogP contribution >= 0.6 is 11.6 Å². The Kier molecular flexibility index (Phi) is 4.00. The van der Waals surface area contributed by atoms with E-state index in [0.717, 1.165) is 0 Å². The summed E-state index contributed by atoms with van der Waals surface area (Å²) in [7, 11) is 0. The Balaban J connectivity index is 2.49. The lowest BCUT2D eigenvalue weighted by Gasteiger charge is -2.13. The molecular weight excluding hydrogens is 182 g/mol. The molecule has 0 heterocycles. The van der Waals surface area contributed by atoms with Gasteiger partial charge in [-0.3, -0.25) is 0 Å². The maximum Gasteiger partial charge on any atom is 0.0313 e. The second-order valence-corrected chi connectivity index (χ2v) is 3.57. The molecule has 0 radical (unpaired) electrons. The maximum atomic E-state index is 5.65. The van der Waals surface area contributed by atoms with E-state index < -0.39 is 0 Å². The summed E-state index contributed by atoms with van der Waals surface area (Å²) in [4.78, 5) is 0. The van der Waals surface area contributed by atoms with Gasteiger partial charge in [0.2, 0.25) is 0 Å². The van der Waals surface area contributed by atoms with Crippen LogP contribution in [0.3, 0.4) is 0 Å². The molecule has 70 valence electrons. The van der Waals surface area contributed by atoms with E-state index >= 15 is 0 Å². The minimum Gasteiger partial charge on any atom is -0.305 e. The molecule has 1 atom stereocenters. The molecule has 1 aromatic rings. The lowest BCUT2D eigenvalue weighted by molar-refractivity contribution is 0.614. The first-order chi connectivity index (χ1) is 6.20. The van der Waals surface area contributed by atoms with E-state index in [1.807, 2.05) is 18.2 Å². The van der Waals surface area contributed by atoms with Crippen LogP contribution < -0.4 is 5.32 Å². The van der Waals surface area contributed by atoms with Gasteiger partial charge in [0.15, 0.2) is 0 Å². The highest BCUT2D eigenvalue weighted by Gasteiger charge is 2.02. The molecule has 0 aromatic heterocycles. The molecule has 1 nitrogen and oxygen atoms in total. The molecule has 0 spiro atoms. The Morgan fingerprint density at radius 2 is 2.08 bits per heavy atom. The van der Waals surface area contributed by atoms with Gasteiger partial charge in [0, 0.05) is 17.6 Å². The second-order valence-electron chi connectivity index (χ2n) is 3.03. The molecule has 1 aromatic carbocycles. The van der Waals surface area contributed by atoms with E-state index in [2.05, 4.69) is 31.0 Å². The number of hydrogen-bond donors (Lipinski definition) is 1. The van der Waals surface area contributed by atoms with Crippen LogP contribution in [0.1, 0.15) is 18.5 Å². The zero-order valence-corrected chi connectivity index (χ0v) is 8.51. The number of hydrogen-bond acceptors (Lipinski definition) is 1. The molecular formula is C11H14ClN. The smallest absolute Gasteiger partial charge is 0.0313 e. The molecule has 0 unspecified atom stereocenters. The SMILES string of the molecule is C=C(Cl)CN[C@H](C)c1ccccc1. The van der Waals surface area contributed by atoms with Crippen molar-refractivity contribution in [1.29, 1.82) is 0 Å². The van der Waals surface area contributed by atoms with Crippen LogP contribution in [0.2, 0.25) is 0 Å². The standard InChI is InChI=1S/C11H14ClN/c1-9(12)8-13-10(2)11-6-4-3-5-7-11/h3-7,10,13H,1,8H2,2H3/t10-/m1/s1. The van der Waals surface area contributed by atoms with Gasteiger partial charge in [-0.1, -0.05) is 48.5 Å². The highest BCUT2D eigenvalue weighted by Crippen LogP contribution is 2.11. The van der Waals surface area contributed by atoms with Crippen molar-refractivity contribution in [3.63, 3.8) is 0 Å². The summed E-state index contributed by atoms with van der Waals surface area (Å²) >= 11 is 5.65. The monoisotopic (exact) mass is 195 g/mol. The zero-order chi connectivity index (χ0) is 9.68. The molecule has 0 bridgehead atoms. The van der Waals surface area contributed by atoms with Crippen LogP contribution in [0, 0.1) is 0 Å². The van der Waals surface area contributed by atoms with Gasteiger partial charge >= 0.3 is 0 Å². The van der Waals surface area contributed by atoms with Crippen molar-refractivity contribution in [3.8, 4) is 0 Å². The minimum absolute atomic E-state index is 0.316. The van der Waals surface area contributed by atoms with Crippen LogP contribution in [-0.4, -0.2) is 6.54 Å². The maximum absolute atomic E-state index is 5.65. The minimum atomic E-state index is 0.316. The summed E-state index contributed by atoms with van der Waals surface area (Å²) in [5.41, 5.74) is 1.26. The van der Waals surface area contributed by atoms with Gasteiger partial charge in [0.25, 0.3) is 0 Å². The van der Waals surface area contributed by atoms with Crippen LogP contribution in [0.5, 0.6) is 0 Å². The fourth-order valence-electron chi connectivity index (χ4n) is 1.12. The Hall–Kier alpha value is -0.790. The average Bonchev–Trinajstić information content (AvgIpc) is 2.15. The number of halogens is 1. The van der Waals surface area contributed by atoms with E-state index in [9.17, 15) is 0 Å². The van der Waals surface area contributed by atoms with Crippen molar-refractivity contribution >= 4 is 11.6 Å². The average molecular weight is 196 g/mol. The molecule has 1 rings (SSSR count). The van der Waals surface area contributed by atoms with Crippen molar-refractivity contribution in [1.82, 2.24) is 5.32 Å². The van der Waals surface area contributed by atoms with Crippen LogP contribution in [0.15, 0.2) is 41.9 Å². The molecule has 0 saturated carbocycles. The first-order valence-corrected chi connectivity index (χ1v) is 4.69. The summed E-state index contributed by atoms with van der Waals surface area (Å²) in [6.45, 7) is 6.38. The van der Waals surface area contributed by atoms with E-state index in [4.69, 9.17) is 11.6 Å². The Morgan fingerprint density at radius 3 is 2.62 bits per heavy atom. The molecule has 0 aliphatic heterocycles. The third kappa shape index (κ3) is 3.62. The van der Waals surface area contributed by atoms with Crippen LogP contribution in [0.25, 0.3) is 0 Å². The fourth-order valence-corrected chi connectivity index (χ4v) is 1.20. The lowest BCUT2D eigenvalue weighted by atomic mass is 10.1. The van der Waals surface area contributed by atoms with Crippen LogP contribution in [-0.2, 0) is 0 Å². The first kappa shape index (κ1) is 10.3. The summed E-state index contributed by atoms with van der Waals surface area (Å²) in [6.07, 6.45) is 0. The molecule has 0 fully saturated rings. The third-order valence-electron chi connectivity index (χ3n) is 1.90. The summed E-state index contributed by atoms with van der Waals surface area (Å²) in [5, 5.41) is 3.91. The van der Waals surface area contributed by atoms with Crippen LogP contribution in [0.4, 0.5) is 0 Å². The highest BCUT2D eigenvalue weighted by molar-refractivity contribution is 6.29. The van der Waals surface area contributed by atoms with Crippen molar-refractivity contribution in [2.45, 2.75) is 13.0 Å². The predicted molar refractivity (Wildman–Crippen MR) is 57.9 cm³/mol. The Morgan fingerprint density at radius 1 is 1.46 bits per heavy atom. The molecule has 0 aliphatic rings. The van der Waals surface area contributed by atoms with Crippen molar-refractivity contribution in [3.05, 3.63) is 47.5 Å². The fraction of sp³-hybridized carbons (Fsp3) is 0.273. The van der Waals surface area contributed by atoms with Gasteiger partial charge in [-0.15, -0.1) is 0 Å². The Bertz CT molecular complexity index is 269.